The summed E-state index contributed by atoms with van der Waals surface area (Å²) >= 11 is 2.59. The molecule has 3 amide bonds. The Bertz CT molecular complexity index is 826. The van der Waals surface area contributed by atoms with E-state index in [0.717, 1.165) is 27.0 Å². The van der Waals surface area contributed by atoms with Crippen LogP contribution in [0.4, 0.5) is 4.79 Å². The van der Waals surface area contributed by atoms with Crippen LogP contribution in [0, 0.1) is 6.92 Å². The van der Waals surface area contributed by atoms with Crippen molar-refractivity contribution >= 4 is 50.4 Å². The number of benzene rings is 1. The molecule has 1 aromatic heterocycles. The lowest BCUT2D eigenvalue weighted by Crippen LogP contribution is -2.62. The predicted molar refractivity (Wildman–Crippen MR) is 88.7 cm³/mol. The van der Waals surface area contributed by atoms with Crippen LogP contribution in [0.15, 0.2) is 18.2 Å². The summed E-state index contributed by atoms with van der Waals surface area (Å²) in [5, 5.41) is 0.769. The number of carbonyl (C=O) groups excluding carboxylic acids is 3. The maximum absolute atomic E-state index is 12.5. The van der Waals surface area contributed by atoms with Gasteiger partial charge >= 0.3 is 0 Å². The molecule has 23 heavy (non-hydrogen) atoms. The zero-order valence-corrected chi connectivity index (χ0v) is 13.9. The average Bonchev–Trinajstić information content (AvgIpc) is 3.00. The Kier molecular flexibility index (Phi) is 3.38. The molecule has 2 aromatic rings. The second-order valence-electron chi connectivity index (χ2n) is 5.60. The molecule has 0 aliphatic carbocycles. The van der Waals surface area contributed by atoms with E-state index < -0.39 is 0 Å². The van der Waals surface area contributed by atoms with Crippen LogP contribution in [0.25, 0.3) is 10.2 Å². The Morgan fingerprint density at radius 2 is 2.09 bits per heavy atom. The van der Waals surface area contributed by atoms with Crippen molar-refractivity contribution in [2.24, 2.45) is 0 Å². The number of thioether (sulfide) groups is 1. The Hall–Kier alpha value is -1.93. The molecule has 118 valence electrons. The van der Waals surface area contributed by atoms with E-state index >= 15 is 0 Å². The van der Waals surface area contributed by atoms with E-state index in [4.69, 9.17) is 0 Å². The smallest absolute Gasteiger partial charge is 0.289 e. The second kappa shape index (κ2) is 5.31. The van der Waals surface area contributed by atoms with Crippen LogP contribution in [0.3, 0.4) is 0 Å². The van der Waals surface area contributed by atoms with Gasteiger partial charge in [-0.1, -0.05) is 11.8 Å². The number of hydrogen-bond donors (Lipinski definition) is 0. The topological polar surface area (TPSA) is 70.6 Å². The van der Waals surface area contributed by atoms with E-state index in [9.17, 15) is 14.4 Å². The molecular weight excluding hydrogens is 334 g/mol. The van der Waals surface area contributed by atoms with Crippen molar-refractivity contribution in [1.29, 1.82) is 0 Å². The zero-order valence-electron chi connectivity index (χ0n) is 12.3. The minimum Gasteiger partial charge on any atom is -0.334 e. The third-order valence-corrected chi connectivity index (χ3v) is 5.81. The SMILES string of the molecule is Cc1nc2ccc(C(=O)N3CC(N4C(=O)CSC4=O)C3)cc2s1. The average molecular weight is 347 g/mol. The van der Waals surface area contributed by atoms with Gasteiger partial charge in [-0.25, -0.2) is 4.98 Å². The van der Waals surface area contributed by atoms with Crippen LogP contribution in [-0.4, -0.2) is 56.7 Å². The zero-order chi connectivity index (χ0) is 16.1. The quantitative estimate of drug-likeness (QED) is 0.832. The summed E-state index contributed by atoms with van der Waals surface area (Å²) in [6.45, 7) is 2.77. The molecule has 0 bridgehead atoms. The highest BCUT2D eigenvalue weighted by molar-refractivity contribution is 8.14. The molecule has 0 spiro atoms. The Morgan fingerprint density at radius 3 is 2.78 bits per heavy atom. The van der Waals surface area contributed by atoms with Crippen LogP contribution in [0.1, 0.15) is 15.4 Å². The number of hydrogen-bond acceptors (Lipinski definition) is 6. The number of thiazole rings is 1. The summed E-state index contributed by atoms with van der Waals surface area (Å²) in [6.07, 6.45) is 0. The number of imide groups is 1. The van der Waals surface area contributed by atoms with Gasteiger partial charge in [-0.3, -0.25) is 19.3 Å². The van der Waals surface area contributed by atoms with Crippen molar-refractivity contribution in [2.45, 2.75) is 13.0 Å². The molecule has 0 N–H and O–H groups in total. The number of carbonyl (C=O) groups is 3. The predicted octanol–water partition coefficient (Wildman–Crippen LogP) is 2.12. The lowest BCUT2D eigenvalue weighted by molar-refractivity contribution is -0.128. The first-order valence-corrected chi connectivity index (χ1v) is 8.98. The molecule has 0 unspecified atom stereocenters. The van der Waals surface area contributed by atoms with E-state index in [2.05, 4.69) is 4.98 Å². The fourth-order valence-electron chi connectivity index (χ4n) is 2.86. The molecule has 4 rings (SSSR count). The Labute approximate surface area is 140 Å². The van der Waals surface area contributed by atoms with E-state index in [1.165, 1.54) is 4.90 Å². The summed E-state index contributed by atoms with van der Waals surface area (Å²) < 4.78 is 0.992. The fourth-order valence-corrected chi connectivity index (χ4v) is 4.50. The van der Waals surface area contributed by atoms with E-state index in [1.54, 1.807) is 22.3 Å². The van der Waals surface area contributed by atoms with Gasteiger partial charge in [0.25, 0.3) is 11.1 Å². The molecule has 3 heterocycles. The van der Waals surface area contributed by atoms with Crippen molar-refractivity contribution < 1.29 is 14.4 Å². The minimum atomic E-state index is -0.200. The number of aromatic nitrogens is 1. The molecular formula is C15H13N3O3S2. The first kappa shape index (κ1) is 14.6. The van der Waals surface area contributed by atoms with E-state index in [1.807, 2.05) is 19.1 Å². The van der Waals surface area contributed by atoms with E-state index in [-0.39, 0.29) is 28.8 Å². The largest absolute Gasteiger partial charge is 0.334 e. The number of rotatable bonds is 2. The molecule has 2 fully saturated rings. The molecule has 8 heteroatoms. The van der Waals surface area contributed by atoms with E-state index in [0.29, 0.717) is 18.7 Å². The number of nitrogens with zero attached hydrogens (tertiary/aromatic N) is 3. The molecule has 0 saturated carbocycles. The molecule has 2 aliphatic rings. The van der Waals surface area contributed by atoms with Crippen molar-refractivity contribution in [3.63, 3.8) is 0 Å². The summed E-state index contributed by atoms with van der Waals surface area (Å²) in [4.78, 5) is 43.2. The first-order valence-electron chi connectivity index (χ1n) is 7.18. The van der Waals surface area contributed by atoms with Gasteiger partial charge in [0.15, 0.2) is 0 Å². The minimum absolute atomic E-state index is 0.0686. The highest BCUT2D eigenvalue weighted by Gasteiger charge is 2.43. The van der Waals surface area contributed by atoms with Crippen molar-refractivity contribution in [3.05, 3.63) is 28.8 Å². The third-order valence-electron chi connectivity index (χ3n) is 4.04. The normalized spacial score (nSPS) is 18.8. The highest BCUT2D eigenvalue weighted by Crippen LogP contribution is 2.28. The lowest BCUT2D eigenvalue weighted by Gasteiger charge is -2.42. The van der Waals surface area contributed by atoms with Crippen LogP contribution in [-0.2, 0) is 4.79 Å². The van der Waals surface area contributed by atoms with Gasteiger partial charge in [0.05, 0.1) is 27.0 Å². The Morgan fingerprint density at radius 1 is 1.30 bits per heavy atom. The molecule has 2 aliphatic heterocycles. The van der Waals surface area contributed by atoms with Crippen molar-refractivity contribution in [3.8, 4) is 0 Å². The Balaban J connectivity index is 1.48. The number of aryl methyl sites for hydroxylation is 1. The molecule has 1 aromatic carbocycles. The maximum atomic E-state index is 12.5. The van der Waals surface area contributed by atoms with Gasteiger partial charge in [0.2, 0.25) is 5.91 Å². The number of amides is 3. The first-order chi connectivity index (χ1) is 11.0. The van der Waals surface area contributed by atoms with Gasteiger partial charge in [0, 0.05) is 18.7 Å². The fraction of sp³-hybridized carbons (Fsp3) is 0.333. The second-order valence-corrected chi connectivity index (χ2v) is 7.76. The summed E-state index contributed by atoms with van der Waals surface area (Å²) in [7, 11) is 0. The maximum Gasteiger partial charge on any atom is 0.289 e. The standard InChI is InChI=1S/C15H13N3O3S2/c1-8-16-11-3-2-9(4-12(11)23-8)14(20)17-5-10(6-17)18-13(19)7-22-15(18)21/h2-4,10H,5-7H2,1H3. The molecule has 0 atom stereocenters. The number of likely N-dealkylation sites (tertiary alicyclic amines) is 1. The van der Waals surface area contributed by atoms with Crippen LogP contribution >= 0.6 is 23.1 Å². The van der Waals surface area contributed by atoms with Gasteiger partial charge in [-0.15, -0.1) is 11.3 Å². The molecule has 2 saturated heterocycles. The highest BCUT2D eigenvalue weighted by atomic mass is 32.2. The van der Waals surface area contributed by atoms with Crippen LogP contribution in [0.5, 0.6) is 0 Å². The van der Waals surface area contributed by atoms with Gasteiger partial charge in [-0.05, 0) is 25.1 Å². The lowest BCUT2D eigenvalue weighted by atomic mass is 10.1. The summed E-state index contributed by atoms with van der Waals surface area (Å²) in [5.41, 5.74) is 1.52. The van der Waals surface area contributed by atoms with Gasteiger partial charge < -0.3 is 4.90 Å². The molecule has 6 nitrogen and oxygen atoms in total. The van der Waals surface area contributed by atoms with Crippen molar-refractivity contribution in [1.82, 2.24) is 14.8 Å². The summed E-state index contributed by atoms with van der Waals surface area (Å²) in [5.74, 6) is -0.00962. The number of fused-ring (bicyclic) bond motifs is 1. The van der Waals surface area contributed by atoms with Crippen LogP contribution < -0.4 is 0 Å². The third kappa shape index (κ3) is 2.42. The monoisotopic (exact) mass is 347 g/mol. The van der Waals surface area contributed by atoms with Crippen LogP contribution in [0.2, 0.25) is 0 Å². The van der Waals surface area contributed by atoms with Gasteiger partial charge in [0.1, 0.15) is 0 Å². The summed E-state index contributed by atoms with van der Waals surface area (Å²) in [6, 6.07) is 5.31. The van der Waals surface area contributed by atoms with Gasteiger partial charge in [-0.2, -0.15) is 0 Å². The molecule has 0 radical (unpaired) electrons. The van der Waals surface area contributed by atoms with Crippen molar-refractivity contribution in [2.75, 3.05) is 18.8 Å².